The van der Waals surface area contributed by atoms with Gasteiger partial charge in [0.2, 0.25) is 0 Å². The van der Waals surface area contributed by atoms with E-state index in [1.54, 1.807) is 0 Å². The molecule has 3 atom stereocenters. The summed E-state index contributed by atoms with van der Waals surface area (Å²) < 4.78 is 12.5. The number of benzene rings is 3. The number of urea groups is 1. The fourth-order valence-electron chi connectivity index (χ4n) is 7.43. The molecule has 2 saturated heterocycles. The van der Waals surface area contributed by atoms with Crippen molar-refractivity contribution in [3.8, 4) is 5.75 Å². The van der Waals surface area contributed by atoms with E-state index in [0.717, 1.165) is 61.3 Å². The molecule has 0 N–H and O–H groups in total. The normalized spacial score (nSPS) is 24.9. The van der Waals surface area contributed by atoms with Gasteiger partial charge in [0.05, 0.1) is 17.8 Å². The van der Waals surface area contributed by atoms with Crippen molar-refractivity contribution in [3.05, 3.63) is 99.0 Å². The summed E-state index contributed by atoms with van der Waals surface area (Å²) in [6.07, 6.45) is 2.42. The highest BCUT2D eigenvalue weighted by molar-refractivity contribution is 6.30. The molecule has 3 unspecified atom stereocenters. The minimum Gasteiger partial charge on any atom is -0.490 e. The van der Waals surface area contributed by atoms with Crippen LogP contribution in [0.25, 0.3) is 0 Å². The van der Waals surface area contributed by atoms with Gasteiger partial charge in [0.15, 0.2) is 0 Å². The monoisotopic (exact) mass is 704 g/mol. The molecule has 262 valence electrons. The number of nitrogens with zero attached hydrogens (tertiary/aromatic N) is 4. The summed E-state index contributed by atoms with van der Waals surface area (Å²) in [6, 6.07) is 21.9. The zero-order valence-electron chi connectivity index (χ0n) is 29.9. The number of ether oxygens (including phenoxy) is 2. The molecule has 2 fully saturated rings. The number of amides is 2. The third kappa shape index (κ3) is 6.97. The summed E-state index contributed by atoms with van der Waals surface area (Å²) in [4.78, 5) is 27.2. The third-order valence-corrected chi connectivity index (χ3v) is 11.0. The van der Waals surface area contributed by atoms with Gasteiger partial charge in [-0.2, -0.15) is 0 Å². The fourth-order valence-corrected chi connectivity index (χ4v) is 7.68. The lowest BCUT2D eigenvalue weighted by molar-refractivity contribution is 0.0485. The van der Waals surface area contributed by atoms with E-state index < -0.39 is 11.1 Å². The SMILES string of the molecule is CC(C)Oc1cc(C(C)(C)C)ccc1C1=NC(C)(c2ccc(Cl)cc2)C(C)(c2ccc(Cl)cc2)N1C(=O)N1CCN(CC2CCCO2)CC1. The van der Waals surface area contributed by atoms with Gasteiger partial charge in [-0.25, -0.2) is 4.79 Å². The van der Waals surface area contributed by atoms with E-state index in [1.165, 1.54) is 0 Å². The van der Waals surface area contributed by atoms with E-state index in [0.29, 0.717) is 34.7 Å². The number of amidine groups is 1. The maximum Gasteiger partial charge on any atom is 0.326 e. The molecule has 2 amide bonds. The van der Waals surface area contributed by atoms with Gasteiger partial charge in [-0.1, -0.05) is 74.3 Å². The van der Waals surface area contributed by atoms with Crippen LogP contribution in [0.4, 0.5) is 4.79 Å². The van der Waals surface area contributed by atoms with Crippen LogP contribution in [-0.2, 0) is 21.2 Å². The molecule has 3 heterocycles. The molecule has 7 nitrogen and oxygen atoms in total. The molecular weight excluding hydrogens is 655 g/mol. The Morgan fingerprint density at radius 2 is 1.55 bits per heavy atom. The molecule has 0 radical (unpaired) electrons. The smallest absolute Gasteiger partial charge is 0.326 e. The molecule has 6 rings (SSSR count). The van der Waals surface area contributed by atoms with Crippen molar-refractivity contribution < 1.29 is 14.3 Å². The predicted molar refractivity (Wildman–Crippen MR) is 199 cm³/mol. The second kappa shape index (κ2) is 13.9. The lowest BCUT2D eigenvalue weighted by atomic mass is 9.71. The Kier molecular flexibility index (Phi) is 10.1. The summed E-state index contributed by atoms with van der Waals surface area (Å²) in [5.41, 5.74) is 1.84. The number of piperazine rings is 1. The van der Waals surface area contributed by atoms with Gasteiger partial charge in [0.25, 0.3) is 0 Å². The first-order chi connectivity index (χ1) is 23.2. The van der Waals surface area contributed by atoms with E-state index >= 15 is 4.79 Å². The fraction of sp³-hybridized carbons (Fsp3) is 0.500. The minimum atomic E-state index is -0.954. The molecular formula is C40H50Cl2N4O3. The van der Waals surface area contributed by atoms with Gasteiger partial charge >= 0.3 is 6.03 Å². The van der Waals surface area contributed by atoms with Gasteiger partial charge in [0.1, 0.15) is 22.7 Å². The summed E-state index contributed by atoms with van der Waals surface area (Å²) in [6.45, 7) is 19.4. The lowest BCUT2D eigenvalue weighted by Gasteiger charge is -2.47. The van der Waals surface area contributed by atoms with E-state index in [9.17, 15) is 0 Å². The topological polar surface area (TPSA) is 57.6 Å². The van der Waals surface area contributed by atoms with E-state index in [2.05, 4.69) is 57.7 Å². The van der Waals surface area contributed by atoms with Crippen LogP contribution in [0.3, 0.4) is 0 Å². The Balaban J connectivity index is 1.50. The first-order valence-corrected chi connectivity index (χ1v) is 18.3. The Labute approximate surface area is 302 Å². The highest BCUT2D eigenvalue weighted by atomic mass is 35.5. The van der Waals surface area contributed by atoms with Gasteiger partial charge in [0, 0.05) is 49.4 Å². The molecule has 3 aliphatic rings. The largest absolute Gasteiger partial charge is 0.490 e. The predicted octanol–water partition coefficient (Wildman–Crippen LogP) is 8.89. The number of hydrogen-bond donors (Lipinski definition) is 0. The number of carbonyl (C=O) groups is 1. The molecule has 0 aliphatic carbocycles. The molecule has 0 bridgehead atoms. The van der Waals surface area contributed by atoms with Crippen molar-refractivity contribution >= 4 is 35.1 Å². The zero-order valence-corrected chi connectivity index (χ0v) is 31.4. The van der Waals surface area contributed by atoms with Crippen LogP contribution in [0.2, 0.25) is 10.0 Å². The molecule has 3 aromatic carbocycles. The summed E-state index contributed by atoms with van der Waals surface area (Å²) in [5, 5.41) is 1.27. The molecule has 49 heavy (non-hydrogen) atoms. The van der Waals surface area contributed by atoms with Gasteiger partial charge in [-0.05, 0) is 99.0 Å². The Hall–Kier alpha value is -3.10. The molecule has 0 spiro atoms. The zero-order chi connectivity index (χ0) is 35.1. The second-order valence-electron chi connectivity index (χ2n) is 15.3. The quantitative estimate of drug-likeness (QED) is 0.247. The summed E-state index contributed by atoms with van der Waals surface area (Å²) >= 11 is 12.9. The van der Waals surface area contributed by atoms with E-state index in [-0.39, 0.29) is 23.7 Å². The van der Waals surface area contributed by atoms with Crippen molar-refractivity contribution in [2.24, 2.45) is 4.99 Å². The maximum absolute atomic E-state index is 15.3. The number of halogens is 2. The molecule has 0 saturated carbocycles. The summed E-state index contributed by atoms with van der Waals surface area (Å²) in [7, 11) is 0. The van der Waals surface area contributed by atoms with E-state index in [4.69, 9.17) is 37.7 Å². The molecule has 9 heteroatoms. The standard InChI is InChI=1S/C40H50Cl2N4O3/c1-27(2)49-35-25-30(38(3,4)5)14-19-34(35)36-43-39(6,28-10-15-31(41)16-11-28)40(7,29-12-17-32(42)18-13-29)46(36)37(47)45-22-20-44(21-23-45)26-33-9-8-24-48-33/h10-19,25,27,33H,8-9,20-24,26H2,1-7H3. The van der Waals surface area contributed by atoms with Gasteiger partial charge in [-0.3, -0.25) is 14.8 Å². The Morgan fingerprint density at radius 1 is 0.939 bits per heavy atom. The van der Waals surface area contributed by atoms with Crippen LogP contribution in [-0.4, -0.2) is 78.1 Å². The van der Waals surface area contributed by atoms with Crippen molar-refractivity contribution in [1.82, 2.24) is 14.7 Å². The Bertz CT molecular complexity index is 1670. The highest BCUT2D eigenvalue weighted by Crippen LogP contribution is 2.54. The maximum atomic E-state index is 15.3. The van der Waals surface area contributed by atoms with Crippen molar-refractivity contribution in [3.63, 3.8) is 0 Å². The van der Waals surface area contributed by atoms with Crippen LogP contribution in [0.15, 0.2) is 71.7 Å². The number of aliphatic imine (C=N–C) groups is 1. The van der Waals surface area contributed by atoms with Crippen molar-refractivity contribution in [2.45, 2.75) is 90.0 Å². The number of rotatable bonds is 7. The van der Waals surface area contributed by atoms with Gasteiger partial charge in [-0.15, -0.1) is 0 Å². The highest BCUT2D eigenvalue weighted by Gasteiger charge is 2.60. The van der Waals surface area contributed by atoms with Crippen LogP contribution in [0.1, 0.15) is 83.6 Å². The van der Waals surface area contributed by atoms with Crippen LogP contribution in [0, 0.1) is 0 Å². The molecule has 3 aromatic rings. The molecule has 3 aliphatic heterocycles. The van der Waals surface area contributed by atoms with Crippen LogP contribution in [0.5, 0.6) is 5.75 Å². The minimum absolute atomic E-state index is 0.0812. The Morgan fingerprint density at radius 3 is 2.10 bits per heavy atom. The number of carbonyl (C=O) groups excluding carboxylic acids is 1. The lowest BCUT2D eigenvalue weighted by Crippen LogP contribution is -2.61. The van der Waals surface area contributed by atoms with Gasteiger partial charge < -0.3 is 14.4 Å². The van der Waals surface area contributed by atoms with E-state index in [1.807, 2.05) is 72.2 Å². The number of hydrogen-bond acceptors (Lipinski definition) is 5. The van der Waals surface area contributed by atoms with Crippen LogP contribution < -0.4 is 4.74 Å². The molecule has 0 aromatic heterocycles. The first kappa shape index (κ1) is 35.7. The third-order valence-electron chi connectivity index (χ3n) is 10.5. The van der Waals surface area contributed by atoms with Crippen LogP contribution >= 0.6 is 23.2 Å². The average molecular weight is 706 g/mol. The van der Waals surface area contributed by atoms with Crippen molar-refractivity contribution in [1.29, 1.82) is 0 Å². The first-order valence-electron chi connectivity index (χ1n) is 17.6. The summed E-state index contributed by atoms with van der Waals surface area (Å²) in [5.74, 6) is 1.29. The second-order valence-corrected chi connectivity index (χ2v) is 16.1. The van der Waals surface area contributed by atoms with Crippen molar-refractivity contribution in [2.75, 3.05) is 39.3 Å². The average Bonchev–Trinajstić information content (AvgIpc) is 3.65.